The number of benzene rings is 2. The van der Waals surface area contributed by atoms with Crippen molar-refractivity contribution in [3.05, 3.63) is 65.3 Å². The lowest BCUT2D eigenvalue weighted by Gasteiger charge is -2.01. The molecule has 4 nitrogen and oxygen atoms in total. The molecule has 0 aliphatic heterocycles. The molecule has 24 heavy (non-hydrogen) atoms. The number of halogens is 1. The lowest BCUT2D eigenvalue weighted by molar-refractivity contribution is -0.118. The van der Waals surface area contributed by atoms with Crippen LogP contribution in [0.1, 0.15) is 5.56 Å². The highest BCUT2D eigenvalue weighted by atomic mass is 35.5. The van der Waals surface area contributed by atoms with Gasteiger partial charge in [0.1, 0.15) is 0 Å². The first-order chi connectivity index (χ1) is 11.6. The van der Waals surface area contributed by atoms with Crippen LogP contribution in [0.25, 0.3) is 10.9 Å². The van der Waals surface area contributed by atoms with E-state index >= 15 is 0 Å². The monoisotopic (exact) mass is 357 g/mol. The van der Waals surface area contributed by atoms with Gasteiger partial charge < -0.3 is 4.57 Å². The zero-order valence-corrected chi connectivity index (χ0v) is 14.6. The second kappa shape index (κ2) is 7.55. The zero-order valence-electron chi connectivity index (χ0n) is 13.1. The fourth-order valence-corrected chi connectivity index (χ4v) is 3.18. The van der Waals surface area contributed by atoms with Gasteiger partial charge >= 0.3 is 0 Å². The molecule has 6 heteroatoms. The smallest absolute Gasteiger partial charge is 0.250 e. The Bertz CT molecular complexity index is 887. The summed E-state index contributed by atoms with van der Waals surface area (Å²) in [5.41, 5.74) is 4.66. The third kappa shape index (κ3) is 3.99. The van der Waals surface area contributed by atoms with Crippen molar-refractivity contribution in [3.63, 3.8) is 0 Å². The van der Waals surface area contributed by atoms with Gasteiger partial charge in [-0.05, 0) is 30.3 Å². The van der Waals surface area contributed by atoms with E-state index < -0.39 is 0 Å². The normalized spacial score (nSPS) is 11.2. The molecule has 0 unspecified atom stereocenters. The van der Waals surface area contributed by atoms with E-state index in [0.29, 0.717) is 10.8 Å². The first-order valence-corrected chi connectivity index (χ1v) is 8.74. The molecule has 0 bridgehead atoms. The minimum absolute atomic E-state index is 0.147. The molecule has 0 fully saturated rings. The van der Waals surface area contributed by atoms with Gasteiger partial charge in [0.25, 0.3) is 0 Å². The Balaban J connectivity index is 1.57. The second-order valence-corrected chi connectivity index (χ2v) is 6.73. The van der Waals surface area contributed by atoms with Gasteiger partial charge in [-0.25, -0.2) is 5.43 Å². The van der Waals surface area contributed by atoms with E-state index in [1.54, 1.807) is 18.3 Å². The summed E-state index contributed by atoms with van der Waals surface area (Å²) < 4.78 is 2.04. The number of hydrogen-bond acceptors (Lipinski definition) is 3. The van der Waals surface area contributed by atoms with Crippen molar-refractivity contribution in [1.29, 1.82) is 0 Å². The number of nitrogens with zero attached hydrogens (tertiary/aromatic N) is 2. The van der Waals surface area contributed by atoms with E-state index in [4.69, 9.17) is 11.6 Å². The Morgan fingerprint density at radius 1 is 1.25 bits per heavy atom. The van der Waals surface area contributed by atoms with Crippen molar-refractivity contribution in [3.8, 4) is 0 Å². The highest BCUT2D eigenvalue weighted by Crippen LogP contribution is 2.20. The molecule has 0 spiro atoms. The molecule has 1 amide bonds. The Hall–Kier alpha value is -2.24. The fourth-order valence-electron chi connectivity index (χ4n) is 2.36. The summed E-state index contributed by atoms with van der Waals surface area (Å²) in [7, 11) is 1.99. The molecule has 1 N–H and O–H groups in total. The summed E-state index contributed by atoms with van der Waals surface area (Å²) in [5.74, 6) is 0.153. The molecule has 2 aromatic carbocycles. The van der Waals surface area contributed by atoms with E-state index in [0.717, 1.165) is 21.4 Å². The SMILES string of the molecule is Cn1cc(/C=N\NC(=O)CSc2ccc(Cl)cc2)c2ccccc21. The summed E-state index contributed by atoms with van der Waals surface area (Å²) in [6.45, 7) is 0. The molecule has 3 aromatic rings. The molecule has 0 saturated carbocycles. The van der Waals surface area contributed by atoms with E-state index in [1.807, 2.05) is 54.2 Å². The molecule has 0 atom stereocenters. The summed E-state index contributed by atoms with van der Waals surface area (Å²) in [6.07, 6.45) is 3.66. The standard InChI is InChI=1S/C18H16ClN3OS/c1-22-11-13(16-4-2-3-5-17(16)22)10-20-21-18(23)12-24-15-8-6-14(19)7-9-15/h2-11H,12H2,1H3,(H,21,23)/b20-10-. The fraction of sp³-hybridized carbons (Fsp3) is 0.111. The largest absolute Gasteiger partial charge is 0.350 e. The first-order valence-electron chi connectivity index (χ1n) is 7.38. The quantitative estimate of drug-likeness (QED) is 0.425. The molecular weight excluding hydrogens is 342 g/mol. The van der Waals surface area contributed by atoms with Crippen LogP contribution in [0.2, 0.25) is 5.02 Å². The van der Waals surface area contributed by atoms with Crippen molar-refractivity contribution < 1.29 is 4.79 Å². The van der Waals surface area contributed by atoms with Crippen LogP contribution in [0.5, 0.6) is 0 Å². The van der Waals surface area contributed by atoms with Crippen molar-refractivity contribution in [2.24, 2.45) is 12.1 Å². The molecule has 1 aromatic heterocycles. The van der Waals surface area contributed by atoms with Gasteiger partial charge in [0.15, 0.2) is 0 Å². The molecular formula is C18H16ClN3OS. The molecule has 0 saturated heterocycles. The lowest BCUT2D eigenvalue weighted by Crippen LogP contribution is -2.19. The van der Waals surface area contributed by atoms with E-state index in [-0.39, 0.29) is 5.91 Å². The number of nitrogens with one attached hydrogen (secondary N) is 1. The predicted molar refractivity (Wildman–Crippen MR) is 101 cm³/mol. The molecule has 3 rings (SSSR count). The number of hydrazone groups is 1. The van der Waals surface area contributed by atoms with E-state index in [2.05, 4.69) is 10.5 Å². The van der Waals surface area contributed by atoms with E-state index in [1.165, 1.54) is 11.8 Å². The third-order valence-electron chi connectivity index (χ3n) is 3.50. The topological polar surface area (TPSA) is 46.4 Å². The zero-order chi connectivity index (χ0) is 16.9. The Labute approximate surface area is 149 Å². The maximum Gasteiger partial charge on any atom is 0.250 e. The van der Waals surface area contributed by atoms with Gasteiger partial charge in [0.05, 0.1) is 12.0 Å². The van der Waals surface area contributed by atoms with Gasteiger partial charge in [-0.3, -0.25) is 4.79 Å². The van der Waals surface area contributed by atoms with E-state index in [9.17, 15) is 4.79 Å². The average Bonchev–Trinajstić information content (AvgIpc) is 2.91. The number of carbonyl (C=O) groups is 1. The summed E-state index contributed by atoms with van der Waals surface area (Å²) >= 11 is 7.28. The number of fused-ring (bicyclic) bond motifs is 1. The number of thioether (sulfide) groups is 1. The van der Waals surface area contributed by atoms with Gasteiger partial charge in [-0.1, -0.05) is 29.8 Å². The van der Waals surface area contributed by atoms with Crippen LogP contribution in [-0.2, 0) is 11.8 Å². The van der Waals surface area contributed by atoms with Crippen LogP contribution in [0.4, 0.5) is 0 Å². The van der Waals surface area contributed by atoms with Crippen LogP contribution in [0.15, 0.2) is 64.7 Å². The van der Waals surface area contributed by atoms with Gasteiger partial charge in [0.2, 0.25) is 5.91 Å². The van der Waals surface area contributed by atoms with Crippen LogP contribution < -0.4 is 5.43 Å². The van der Waals surface area contributed by atoms with Crippen LogP contribution >= 0.6 is 23.4 Å². The molecule has 0 aliphatic rings. The van der Waals surface area contributed by atoms with Crippen LogP contribution in [-0.4, -0.2) is 22.4 Å². The number of carbonyl (C=O) groups excluding carboxylic acids is 1. The Morgan fingerprint density at radius 3 is 2.79 bits per heavy atom. The minimum Gasteiger partial charge on any atom is -0.350 e. The minimum atomic E-state index is -0.147. The number of rotatable bonds is 5. The van der Waals surface area contributed by atoms with Crippen molar-refractivity contribution in [2.75, 3.05) is 5.75 Å². The molecule has 1 heterocycles. The highest BCUT2D eigenvalue weighted by Gasteiger charge is 2.04. The van der Waals surface area contributed by atoms with Crippen molar-refractivity contribution in [2.45, 2.75) is 4.90 Å². The molecule has 0 radical (unpaired) electrons. The Kier molecular flexibility index (Phi) is 5.23. The van der Waals surface area contributed by atoms with Crippen molar-refractivity contribution >= 4 is 46.4 Å². The van der Waals surface area contributed by atoms with Crippen molar-refractivity contribution in [1.82, 2.24) is 9.99 Å². The Morgan fingerprint density at radius 2 is 2.00 bits per heavy atom. The number of para-hydroxylation sites is 1. The number of amides is 1. The molecule has 0 aliphatic carbocycles. The third-order valence-corrected chi connectivity index (χ3v) is 4.77. The number of aromatic nitrogens is 1. The van der Waals surface area contributed by atoms with Crippen LogP contribution in [0, 0.1) is 0 Å². The van der Waals surface area contributed by atoms with Crippen LogP contribution in [0.3, 0.4) is 0 Å². The number of hydrogen-bond donors (Lipinski definition) is 1. The first kappa shape index (κ1) is 16.6. The maximum absolute atomic E-state index is 11.9. The predicted octanol–water partition coefficient (Wildman–Crippen LogP) is 4.07. The van der Waals surface area contributed by atoms with Gasteiger partial charge in [-0.15, -0.1) is 11.8 Å². The second-order valence-electron chi connectivity index (χ2n) is 5.25. The summed E-state index contributed by atoms with van der Waals surface area (Å²) in [6, 6.07) is 15.5. The lowest BCUT2D eigenvalue weighted by atomic mass is 10.2. The van der Waals surface area contributed by atoms with Gasteiger partial charge in [0, 0.05) is 39.6 Å². The maximum atomic E-state index is 11.9. The van der Waals surface area contributed by atoms with Gasteiger partial charge in [-0.2, -0.15) is 5.10 Å². The summed E-state index contributed by atoms with van der Waals surface area (Å²) in [5, 5.41) is 5.85. The summed E-state index contributed by atoms with van der Waals surface area (Å²) in [4.78, 5) is 12.9. The highest BCUT2D eigenvalue weighted by molar-refractivity contribution is 8.00. The average molecular weight is 358 g/mol. The molecule has 122 valence electrons. The number of aryl methyl sites for hydroxylation is 1.